The predicted molar refractivity (Wildman–Crippen MR) is 38.7 cm³/mol. The van der Waals surface area contributed by atoms with E-state index in [1.54, 1.807) is 12.4 Å². The third-order valence-electron chi connectivity index (χ3n) is 1.41. The first-order valence-electron chi connectivity index (χ1n) is 2.78. The number of pyridine rings is 1. The van der Waals surface area contributed by atoms with Gasteiger partial charge in [0.1, 0.15) is 0 Å². The highest BCUT2D eigenvalue weighted by Gasteiger charge is 1.95. The van der Waals surface area contributed by atoms with Gasteiger partial charge in [-0.1, -0.05) is 11.6 Å². The van der Waals surface area contributed by atoms with Crippen molar-refractivity contribution >= 4 is 11.6 Å². The molecule has 1 nitrogen and oxygen atoms in total. The van der Waals surface area contributed by atoms with Crippen LogP contribution in [-0.2, 0) is 0 Å². The van der Waals surface area contributed by atoms with E-state index in [9.17, 15) is 0 Å². The van der Waals surface area contributed by atoms with Crippen LogP contribution >= 0.6 is 11.6 Å². The number of aryl methyl sites for hydroxylation is 1. The zero-order valence-corrected chi connectivity index (χ0v) is 6.24. The average molecular weight is 142 g/mol. The summed E-state index contributed by atoms with van der Waals surface area (Å²) in [5.74, 6) is 0. The van der Waals surface area contributed by atoms with Gasteiger partial charge in [-0.25, -0.2) is 0 Å². The van der Waals surface area contributed by atoms with E-state index in [1.807, 2.05) is 13.8 Å². The Kier molecular flexibility index (Phi) is 1.72. The Morgan fingerprint density at radius 3 is 2.44 bits per heavy atom. The van der Waals surface area contributed by atoms with Crippen LogP contribution in [0, 0.1) is 13.8 Å². The topological polar surface area (TPSA) is 12.9 Å². The van der Waals surface area contributed by atoms with Gasteiger partial charge in [0, 0.05) is 12.4 Å². The molecule has 0 aliphatic rings. The van der Waals surface area contributed by atoms with Crippen molar-refractivity contribution in [2.45, 2.75) is 13.8 Å². The molecule has 0 saturated carbocycles. The molecule has 0 aliphatic carbocycles. The molecule has 0 aliphatic heterocycles. The van der Waals surface area contributed by atoms with Crippen molar-refractivity contribution in [1.29, 1.82) is 0 Å². The van der Waals surface area contributed by atoms with E-state index in [1.165, 1.54) is 0 Å². The van der Waals surface area contributed by atoms with E-state index in [2.05, 4.69) is 4.98 Å². The average Bonchev–Trinajstić information content (AvgIpc) is 1.83. The predicted octanol–water partition coefficient (Wildman–Crippen LogP) is 2.35. The second kappa shape index (κ2) is 2.36. The molecule has 9 heavy (non-hydrogen) atoms. The quantitative estimate of drug-likeness (QED) is 0.541. The van der Waals surface area contributed by atoms with Crippen molar-refractivity contribution in [3.05, 3.63) is 28.5 Å². The minimum atomic E-state index is 0.745. The summed E-state index contributed by atoms with van der Waals surface area (Å²) in [6.07, 6.45) is 3.46. The molecule has 48 valence electrons. The molecular formula is C7H8ClN. The molecule has 0 bridgehead atoms. The fourth-order valence-electron chi connectivity index (χ4n) is 0.597. The Morgan fingerprint density at radius 2 is 2.00 bits per heavy atom. The summed E-state index contributed by atoms with van der Waals surface area (Å²) in [5.41, 5.74) is 2.26. The van der Waals surface area contributed by atoms with Crippen LogP contribution in [-0.4, -0.2) is 4.98 Å². The third kappa shape index (κ3) is 1.22. The fraction of sp³-hybridized carbons (Fsp3) is 0.286. The first-order valence-corrected chi connectivity index (χ1v) is 3.16. The highest BCUT2D eigenvalue weighted by atomic mass is 35.5. The molecule has 2 heteroatoms. The normalized spacial score (nSPS) is 9.67. The van der Waals surface area contributed by atoms with Gasteiger partial charge in [0.2, 0.25) is 0 Å². The van der Waals surface area contributed by atoms with Crippen molar-refractivity contribution in [2.24, 2.45) is 0 Å². The highest BCUT2D eigenvalue weighted by molar-refractivity contribution is 6.31. The molecule has 0 radical (unpaired) electrons. The minimum Gasteiger partial charge on any atom is -0.263 e. The minimum absolute atomic E-state index is 0.745. The number of hydrogen-bond donors (Lipinski definition) is 0. The van der Waals surface area contributed by atoms with Gasteiger partial charge in [0.15, 0.2) is 0 Å². The fourth-order valence-corrected chi connectivity index (χ4v) is 0.802. The first kappa shape index (κ1) is 6.56. The van der Waals surface area contributed by atoms with Crippen LogP contribution in [0.3, 0.4) is 0 Å². The van der Waals surface area contributed by atoms with Crippen LogP contribution in [0.5, 0.6) is 0 Å². The Hall–Kier alpha value is -0.560. The SMILES string of the molecule is Cc1cncc(Cl)c1C. The number of rotatable bonds is 0. The van der Waals surface area contributed by atoms with Gasteiger partial charge < -0.3 is 0 Å². The third-order valence-corrected chi connectivity index (χ3v) is 1.79. The molecule has 0 unspecified atom stereocenters. The Bertz CT molecular complexity index is 200. The summed E-state index contributed by atoms with van der Waals surface area (Å²) >= 11 is 5.75. The van der Waals surface area contributed by atoms with E-state index >= 15 is 0 Å². The maximum Gasteiger partial charge on any atom is 0.0621 e. The van der Waals surface area contributed by atoms with E-state index in [0.717, 1.165) is 16.1 Å². The van der Waals surface area contributed by atoms with Gasteiger partial charge in [-0.3, -0.25) is 4.98 Å². The first-order chi connectivity index (χ1) is 4.22. The molecule has 0 aromatic carbocycles. The summed E-state index contributed by atoms with van der Waals surface area (Å²) in [7, 11) is 0. The molecule has 1 rings (SSSR count). The monoisotopic (exact) mass is 141 g/mol. The lowest BCUT2D eigenvalue weighted by Gasteiger charge is -1.97. The Labute approximate surface area is 59.7 Å². The van der Waals surface area contributed by atoms with Gasteiger partial charge in [0.25, 0.3) is 0 Å². The zero-order valence-electron chi connectivity index (χ0n) is 5.48. The van der Waals surface area contributed by atoms with Crippen LogP contribution in [0.2, 0.25) is 5.02 Å². The molecule has 0 N–H and O–H groups in total. The van der Waals surface area contributed by atoms with E-state index < -0.39 is 0 Å². The van der Waals surface area contributed by atoms with Crippen LogP contribution in [0.15, 0.2) is 12.4 Å². The van der Waals surface area contributed by atoms with E-state index in [0.29, 0.717) is 0 Å². The maximum absolute atomic E-state index is 5.75. The molecule has 1 aromatic rings. The molecule has 0 saturated heterocycles. The zero-order chi connectivity index (χ0) is 6.85. The number of nitrogens with zero attached hydrogens (tertiary/aromatic N) is 1. The van der Waals surface area contributed by atoms with Gasteiger partial charge >= 0.3 is 0 Å². The summed E-state index contributed by atoms with van der Waals surface area (Å²) in [5, 5.41) is 0.745. The Morgan fingerprint density at radius 1 is 1.33 bits per heavy atom. The van der Waals surface area contributed by atoms with Gasteiger partial charge in [-0.15, -0.1) is 0 Å². The lowest BCUT2D eigenvalue weighted by molar-refractivity contribution is 1.22. The van der Waals surface area contributed by atoms with Crippen molar-refractivity contribution in [2.75, 3.05) is 0 Å². The van der Waals surface area contributed by atoms with Crippen LogP contribution < -0.4 is 0 Å². The summed E-state index contributed by atoms with van der Waals surface area (Å²) in [4.78, 5) is 3.91. The number of hydrogen-bond acceptors (Lipinski definition) is 1. The van der Waals surface area contributed by atoms with E-state index in [-0.39, 0.29) is 0 Å². The largest absolute Gasteiger partial charge is 0.263 e. The van der Waals surface area contributed by atoms with Gasteiger partial charge in [-0.05, 0) is 25.0 Å². The number of halogens is 1. The maximum atomic E-state index is 5.75. The lowest BCUT2D eigenvalue weighted by atomic mass is 10.2. The molecule has 1 heterocycles. The lowest BCUT2D eigenvalue weighted by Crippen LogP contribution is -1.82. The summed E-state index contributed by atoms with van der Waals surface area (Å²) < 4.78 is 0. The standard InChI is InChI=1S/C7H8ClN/c1-5-3-9-4-7(8)6(5)2/h3-4H,1-2H3. The summed E-state index contributed by atoms with van der Waals surface area (Å²) in [6, 6.07) is 0. The molecule has 0 fully saturated rings. The molecule has 0 atom stereocenters. The van der Waals surface area contributed by atoms with Crippen LogP contribution in [0.25, 0.3) is 0 Å². The van der Waals surface area contributed by atoms with Crippen molar-refractivity contribution in [1.82, 2.24) is 4.98 Å². The van der Waals surface area contributed by atoms with Crippen molar-refractivity contribution in [3.63, 3.8) is 0 Å². The van der Waals surface area contributed by atoms with Crippen LogP contribution in [0.1, 0.15) is 11.1 Å². The van der Waals surface area contributed by atoms with Crippen LogP contribution in [0.4, 0.5) is 0 Å². The molecular weight excluding hydrogens is 134 g/mol. The van der Waals surface area contributed by atoms with Crippen molar-refractivity contribution in [3.8, 4) is 0 Å². The van der Waals surface area contributed by atoms with Gasteiger partial charge in [0.05, 0.1) is 5.02 Å². The Balaban J connectivity index is 3.25. The van der Waals surface area contributed by atoms with Gasteiger partial charge in [-0.2, -0.15) is 0 Å². The van der Waals surface area contributed by atoms with E-state index in [4.69, 9.17) is 11.6 Å². The second-order valence-electron chi connectivity index (χ2n) is 2.06. The molecule has 0 amide bonds. The summed E-state index contributed by atoms with van der Waals surface area (Å²) in [6.45, 7) is 3.98. The molecule has 1 aromatic heterocycles. The number of aromatic nitrogens is 1. The highest BCUT2D eigenvalue weighted by Crippen LogP contribution is 2.15. The second-order valence-corrected chi connectivity index (χ2v) is 2.47. The molecule has 0 spiro atoms. The smallest absolute Gasteiger partial charge is 0.0621 e. The van der Waals surface area contributed by atoms with Crippen molar-refractivity contribution < 1.29 is 0 Å².